The molecule has 0 bridgehead atoms. The Morgan fingerprint density at radius 3 is 2.22 bits per heavy atom. The number of aromatic nitrogens is 1. The van der Waals surface area contributed by atoms with E-state index in [1.807, 2.05) is 24.3 Å². The molecule has 0 radical (unpaired) electrons. The van der Waals surface area contributed by atoms with Crippen molar-refractivity contribution in [3.8, 4) is 0 Å². The molecule has 1 aromatic heterocycles. The molecule has 1 aliphatic heterocycles. The van der Waals surface area contributed by atoms with Gasteiger partial charge in [-0.3, -0.25) is 9.59 Å². The highest BCUT2D eigenvalue weighted by atomic mass is 19.4. The molecule has 1 unspecified atom stereocenters. The summed E-state index contributed by atoms with van der Waals surface area (Å²) in [6, 6.07) is 7.79. The van der Waals surface area contributed by atoms with Crippen molar-refractivity contribution in [1.82, 2.24) is 14.8 Å². The lowest BCUT2D eigenvalue weighted by atomic mass is 9.98. The van der Waals surface area contributed by atoms with Gasteiger partial charge in [-0.1, -0.05) is 43.9 Å². The first kappa shape index (κ1) is 29.0. The summed E-state index contributed by atoms with van der Waals surface area (Å²) >= 11 is 0. The van der Waals surface area contributed by atoms with Gasteiger partial charge < -0.3 is 14.8 Å². The van der Waals surface area contributed by atoms with E-state index in [2.05, 4.69) is 4.98 Å². The second-order valence-electron chi connectivity index (χ2n) is 11.0. The van der Waals surface area contributed by atoms with Gasteiger partial charge in [0.05, 0.1) is 17.2 Å². The monoisotopic (exact) mass is 579 g/mol. The minimum Gasteiger partial charge on any atom is -0.361 e. The molecule has 1 saturated heterocycles. The molecule has 2 aliphatic rings. The number of benzene rings is 2. The van der Waals surface area contributed by atoms with Crippen LogP contribution in [0.3, 0.4) is 0 Å². The number of hydrogen-bond acceptors (Lipinski definition) is 2. The zero-order valence-electron chi connectivity index (χ0n) is 22.3. The Labute approximate surface area is 233 Å². The average molecular weight is 580 g/mol. The molecule has 2 amide bonds. The number of rotatable bonds is 6. The first-order valence-electron chi connectivity index (χ1n) is 13.8. The van der Waals surface area contributed by atoms with Gasteiger partial charge in [-0.15, -0.1) is 0 Å². The Bertz CT molecular complexity index is 1370. The van der Waals surface area contributed by atoms with Crippen molar-refractivity contribution in [2.24, 2.45) is 5.92 Å². The molecule has 1 N–H and O–H groups in total. The predicted molar refractivity (Wildman–Crippen MR) is 141 cm³/mol. The van der Waals surface area contributed by atoms with Gasteiger partial charge in [-0.25, -0.2) is 0 Å². The third kappa shape index (κ3) is 6.54. The summed E-state index contributed by atoms with van der Waals surface area (Å²) in [5.41, 5.74) is -2.07. The maximum Gasteiger partial charge on any atom is 0.416 e. The van der Waals surface area contributed by atoms with E-state index in [1.165, 1.54) is 4.90 Å². The minimum absolute atomic E-state index is 0.00137. The van der Waals surface area contributed by atoms with Gasteiger partial charge in [-0.2, -0.15) is 26.3 Å². The van der Waals surface area contributed by atoms with E-state index in [0.29, 0.717) is 24.5 Å². The van der Waals surface area contributed by atoms with Crippen LogP contribution in [0.4, 0.5) is 26.3 Å². The summed E-state index contributed by atoms with van der Waals surface area (Å²) in [6.45, 7) is 0.295. The van der Waals surface area contributed by atoms with Crippen molar-refractivity contribution >= 4 is 22.7 Å². The SMILES string of the molecule is O=C(CCC1CCCC1)N1CCN(C(=O)c2cc(C(F)(F)F)cc(C(F)(F)F)c2)C(Cc2c[nH]c3ccccc23)C1. The van der Waals surface area contributed by atoms with Crippen molar-refractivity contribution in [3.63, 3.8) is 0 Å². The normalized spacial score (nSPS) is 18.8. The summed E-state index contributed by atoms with van der Waals surface area (Å²) in [4.78, 5) is 32.9. The topological polar surface area (TPSA) is 56.4 Å². The van der Waals surface area contributed by atoms with Crippen molar-refractivity contribution in [2.75, 3.05) is 19.6 Å². The van der Waals surface area contributed by atoms with Crippen molar-refractivity contribution < 1.29 is 35.9 Å². The van der Waals surface area contributed by atoms with E-state index in [0.717, 1.165) is 48.6 Å². The van der Waals surface area contributed by atoms with Crippen LogP contribution < -0.4 is 0 Å². The summed E-state index contributed by atoms with van der Waals surface area (Å²) in [5, 5.41) is 0.892. The molecule has 2 heterocycles. The highest BCUT2D eigenvalue weighted by Crippen LogP contribution is 2.37. The number of nitrogens with zero attached hydrogens (tertiary/aromatic N) is 2. The molecule has 1 aliphatic carbocycles. The molecule has 2 aromatic carbocycles. The Morgan fingerprint density at radius 2 is 1.56 bits per heavy atom. The van der Waals surface area contributed by atoms with Crippen LogP contribution in [0.25, 0.3) is 10.9 Å². The van der Waals surface area contributed by atoms with E-state index in [-0.39, 0.29) is 38.0 Å². The van der Waals surface area contributed by atoms with E-state index >= 15 is 0 Å². The number of piperazine rings is 1. The molecule has 5 rings (SSSR count). The van der Waals surface area contributed by atoms with Crippen molar-refractivity contribution in [2.45, 2.75) is 63.3 Å². The minimum atomic E-state index is -5.07. The zero-order chi connectivity index (χ0) is 29.4. The Kier molecular flexibility index (Phi) is 8.07. The highest BCUT2D eigenvalue weighted by molar-refractivity contribution is 5.95. The lowest BCUT2D eigenvalue weighted by Gasteiger charge is -2.42. The number of alkyl halides is 6. The smallest absolute Gasteiger partial charge is 0.361 e. The molecule has 3 aromatic rings. The fraction of sp³-hybridized carbons (Fsp3) is 0.467. The third-order valence-corrected chi connectivity index (χ3v) is 8.30. The summed E-state index contributed by atoms with van der Waals surface area (Å²) < 4.78 is 81.0. The largest absolute Gasteiger partial charge is 0.416 e. The maximum atomic E-state index is 13.6. The predicted octanol–water partition coefficient (Wildman–Crippen LogP) is 7.07. The molecular weight excluding hydrogens is 548 g/mol. The lowest BCUT2D eigenvalue weighted by molar-refractivity contribution is -0.143. The number of para-hydroxylation sites is 1. The number of aromatic amines is 1. The average Bonchev–Trinajstić information content (AvgIpc) is 3.60. The Morgan fingerprint density at radius 1 is 0.902 bits per heavy atom. The van der Waals surface area contributed by atoms with Gasteiger partial charge in [0, 0.05) is 48.7 Å². The van der Waals surface area contributed by atoms with Crippen LogP contribution in [0.5, 0.6) is 0 Å². The van der Waals surface area contributed by atoms with Crippen LogP contribution in [0.15, 0.2) is 48.7 Å². The van der Waals surface area contributed by atoms with Crippen LogP contribution >= 0.6 is 0 Å². The third-order valence-electron chi connectivity index (χ3n) is 8.30. The fourth-order valence-electron chi connectivity index (χ4n) is 6.11. The van der Waals surface area contributed by atoms with E-state index in [1.54, 1.807) is 11.1 Å². The van der Waals surface area contributed by atoms with E-state index in [4.69, 9.17) is 0 Å². The number of fused-ring (bicyclic) bond motifs is 1. The number of carbonyl (C=O) groups excluding carboxylic acids is 2. The number of amides is 2. The van der Waals surface area contributed by atoms with Crippen LogP contribution in [-0.2, 0) is 23.6 Å². The van der Waals surface area contributed by atoms with Crippen LogP contribution in [0.1, 0.15) is 65.6 Å². The lowest BCUT2D eigenvalue weighted by Crippen LogP contribution is -2.57. The van der Waals surface area contributed by atoms with Crippen LogP contribution in [0.2, 0.25) is 0 Å². The summed E-state index contributed by atoms with van der Waals surface area (Å²) in [7, 11) is 0. The summed E-state index contributed by atoms with van der Waals surface area (Å²) in [6.07, 6.45) is -2.38. The standard InChI is InChI=1S/C30H31F6N3O2/c31-29(32,33)22-13-20(14-23(16-22)30(34,35)36)28(41)39-12-11-38(27(40)10-9-19-5-1-2-6-19)18-24(39)15-21-17-37-26-8-4-3-7-25(21)26/h3-4,7-8,13-14,16-17,19,24,37H,1-2,5-6,9-12,15,18H2. The number of H-pyrrole nitrogens is 1. The van der Waals surface area contributed by atoms with Crippen LogP contribution in [-0.4, -0.2) is 52.3 Å². The van der Waals surface area contributed by atoms with E-state index in [9.17, 15) is 35.9 Å². The van der Waals surface area contributed by atoms with Gasteiger partial charge in [0.25, 0.3) is 5.91 Å². The van der Waals surface area contributed by atoms with Gasteiger partial charge in [0.2, 0.25) is 5.91 Å². The molecule has 5 nitrogen and oxygen atoms in total. The first-order chi connectivity index (χ1) is 19.4. The second-order valence-corrected chi connectivity index (χ2v) is 11.0. The van der Waals surface area contributed by atoms with Crippen molar-refractivity contribution in [1.29, 1.82) is 0 Å². The van der Waals surface area contributed by atoms with Gasteiger partial charge in [-0.05, 0) is 48.6 Å². The molecule has 2 fully saturated rings. The molecule has 0 spiro atoms. The zero-order valence-corrected chi connectivity index (χ0v) is 22.3. The van der Waals surface area contributed by atoms with E-state index < -0.39 is 41.0 Å². The number of halogens is 6. The fourth-order valence-corrected chi connectivity index (χ4v) is 6.11. The van der Waals surface area contributed by atoms with Gasteiger partial charge in [0.15, 0.2) is 0 Å². The number of carbonyl (C=O) groups is 2. The van der Waals surface area contributed by atoms with Crippen molar-refractivity contribution in [3.05, 3.63) is 70.9 Å². The first-order valence-corrected chi connectivity index (χ1v) is 13.8. The summed E-state index contributed by atoms with van der Waals surface area (Å²) in [5.74, 6) is -0.455. The molecular formula is C30H31F6N3O2. The molecule has 1 saturated carbocycles. The maximum absolute atomic E-state index is 13.6. The Hall–Kier alpha value is -3.50. The van der Waals surface area contributed by atoms with Crippen LogP contribution in [0, 0.1) is 5.92 Å². The Balaban J connectivity index is 1.43. The molecule has 11 heteroatoms. The molecule has 1 atom stereocenters. The van der Waals surface area contributed by atoms with Gasteiger partial charge >= 0.3 is 12.4 Å². The number of hydrogen-bond donors (Lipinski definition) is 1. The van der Waals surface area contributed by atoms with Gasteiger partial charge in [0.1, 0.15) is 0 Å². The molecule has 220 valence electrons. The number of nitrogens with one attached hydrogen (secondary N) is 1. The quantitative estimate of drug-likeness (QED) is 0.318. The molecule has 41 heavy (non-hydrogen) atoms. The second kappa shape index (κ2) is 11.4. The highest BCUT2D eigenvalue weighted by Gasteiger charge is 2.39.